The van der Waals surface area contributed by atoms with E-state index in [1.165, 1.54) is 159 Å². The number of carboxylic acid groups (broad SMARTS) is 1. The van der Waals surface area contributed by atoms with Crippen molar-refractivity contribution in [3.63, 3.8) is 0 Å². The maximum Gasteiger partial charge on any atom is 0.306 e. The molecule has 0 aliphatic rings. The van der Waals surface area contributed by atoms with Gasteiger partial charge in [0.25, 0.3) is 0 Å². The predicted molar refractivity (Wildman–Crippen MR) is 301 cm³/mol. The first-order valence-corrected chi connectivity index (χ1v) is 31.1. The summed E-state index contributed by atoms with van der Waals surface area (Å²) in [5, 5.41) is 27.7. The number of aliphatic hydroxyl groups excluding tert-OH is 1. The number of carboxylic acids is 1. The maximum absolute atomic E-state index is 13.8. The van der Waals surface area contributed by atoms with Gasteiger partial charge in [0.15, 0.2) is 0 Å². The first-order valence-electron chi connectivity index (χ1n) is 30.0. The van der Waals surface area contributed by atoms with E-state index in [0.717, 1.165) is 57.8 Å². The number of nitrogens with one attached hydrogen (secondary N) is 3. The average Bonchev–Trinajstić information content (AvgIpc) is 3.38. The van der Waals surface area contributed by atoms with Gasteiger partial charge in [-0.2, -0.15) is 11.8 Å². The number of esters is 2. The van der Waals surface area contributed by atoms with E-state index in [9.17, 15) is 29.1 Å². The van der Waals surface area contributed by atoms with Gasteiger partial charge in [0, 0.05) is 30.9 Å². The highest BCUT2D eigenvalue weighted by molar-refractivity contribution is 7.99. The van der Waals surface area contributed by atoms with Crippen LogP contribution in [0, 0.1) is 0 Å². The van der Waals surface area contributed by atoms with Crippen LogP contribution in [-0.2, 0) is 47.7 Å². The molecule has 0 bridgehead atoms. The molecule has 0 heterocycles. The van der Waals surface area contributed by atoms with Gasteiger partial charge in [-0.25, -0.2) is 0 Å². The van der Waals surface area contributed by atoms with Gasteiger partial charge in [-0.1, -0.05) is 207 Å². The third-order valence-corrected chi connectivity index (χ3v) is 14.3. The predicted octanol–water partition coefficient (Wildman–Crippen LogP) is 11.6. The summed E-state index contributed by atoms with van der Waals surface area (Å²) in [7, 11) is 0. The Morgan fingerprint density at radius 2 is 0.865 bits per heavy atom. The molecule has 0 aromatic rings. The summed E-state index contributed by atoms with van der Waals surface area (Å²) in [6.45, 7) is 8.26. The second-order valence-corrected chi connectivity index (χ2v) is 21.2. The lowest BCUT2D eigenvalue weighted by molar-refractivity contribution is -0.157. The molecule has 0 saturated heterocycles. The van der Waals surface area contributed by atoms with E-state index in [-0.39, 0.29) is 57.9 Å². The Morgan fingerprint density at radius 3 is 1.32 bits per heavy atom. The largest absolute Gasteiger partial charge is 0.481 e. The van der Waals surface area contributed by atoms with Gasteiger partial charge in [-0.15, -0.1) is 0 Å². The molecule has 74 heavy (non-hydrogen) atoms. The quantitative estimate of drug-likeness (QED) is 0.0284. The fourth-order valence-corrected chi connectivity index (χ4v) is 9.53. The van der Waals surface area contributed by atoms with Crippen LogP contribution in [0.25, 0.3) is 0 Å². The molecule has 0 rings (SSSR count). The standard InChI is InChI=1S/C58H111N3O12S/c1-4-7-10-13-16-19-20-21-22-23-26-29-32-35-39-59-53(58(68)61-52(47-62)57(67)60-40-42-70-44-46-71-45-43-69-41-38-54(63)64)50-74-49-51(73-56(66)37-34-31-28-25-18-15-12-9-6-3)48-72-55(65)36-33-30-27-24-17-14-11-8-5-2/h51-53,59,62H,4-50H2,1-3H3,(H,60,67)(H,61,68)(H,63,64)/t51-,52+,53+/m1/s1. The molecule has 0 spiro atoms. The van der Waals surface area contributed by atoms with Crippen LogP contribution in [0.1, 0.15) is 245 Å². The Hall–Kier alpha value is -2.50. The third-order valence-electron chi connectivity index (χ3n) is 13.1. The average molecular weight is 1070 g/mol. The molecule has 0 aliphatic heterocycles. The zero-order chi connectivity index (χ0) is 54.2. The lowest BCUT2D eigenvalue weighted by Gasteiger charge is -2.23. The van der Waals surface area contributed by atoms with Gasteiger partial charge >= 0.3 is 17.9 Å². The molecule has 0 unspecified atom stereocenters. The first-order chi connectivity index (χ1) is 36.2. The molecule has 5 N–H and O–H groups in total. The van der Waals surface area contributed by atoms with Gasteiger partial charge in [-0.3, -0.25) is 24.0 Å². The number of ether oxygens (including phenoxy) is 5. The van der Waals surface area contributed by atoms with Crippen LogP contribution < -0.4 is 16.0 Å². The molecule has 3 atom stereocenters. The summed E-state index contributed by atoms with van der Waals surface area (Å²) >= 11 is 1.42. The van der Waals surface area contributed by atoms with Crippen molar-refractivity contribution < 1.29 is 57.9 Å². The van der Waals surface area contributed by atoms with Crippen molar-refractivity contribution in [1.29, 1.82) is 0 Å². The Morgan fingerprint density at radius 1 is 0.446 bits per heavy atom. The molecule has 436 valence electrons. The Bertz CT molecular complexity index is 1300. The van der Waals surface area contributed by atoms with Crippen LogP contribution >= 0.6 is 11.8 Å². The van der Waals surface area contributed by atoms with Gasteiger partial charge in [0.1, 0.15) is 18.8 Å². The van der Waals surface area contributed by atoms with E-state index < -0.39 is 42.6 Å². The van der Waals surface area contributed by atoms with Crippen LogP contribution in [0.2, 0.25) is 0 Å². The number of hydrogen-bond donors (Lipinski definition) is 5. The summed E-state index contributed by atoms with van der Waals surface area (Å²) in [6, 6.07) is -1.88. The minimum Gasteiger partial charge on any atom is -0.481 e. The zero-order valence-electron chi connectivity index (χ0n) is 47.4. The summed E-state index contributed by atoms with van der Waals surface area (Å²) in [5.74, 6) is -1.89. The topological polar surface area (TPSA) is 208 Å². The summed E-state index contributed by atoms with van der Waals surface area (Å²) < 4.78 is 27.7. The minimum atomic E-state index is -1.18. The lowest BCUT2D eigenvalue weighted by Crippen LogP contribution is -2.55. The minimum absolute atomic E-state index is 0.0509. The van der Waals surface area contributed by atoms with Crippen molar-refractivity contribution >= 4 is 41.5 Å². The number of aliphatic hydroxyl groups is 1. The first kappa shape index (κ1) is 71.5. The van der Waals surface area contributed by atoms with Crippen molar-refractivity contribution in [2.75, 3.05) is 77.5 Å². The molecular formula is C58H111N3O12S. The Kier molecular flexibility index (Phi) is 54.8. The van der Waals surface area contributed by atoms with Crippen molar-refractivity contribution in [2.24, 2.45) is 0 Å². The maximum atomic E-state index is 13.8. The van der Waals surface area contributed by atoms with E-state index in [1.54, 1.807) is 0 Å². The third kappa shape index (κ3) is 50.3. The second-order valence-electron chi connectivity index (χ2n) is 20.1. The summed E-state index contributed by atoms with van der Waals surface area (Å²) in [4.78, 5) is 63.4. The second kappa shape index (κ2) is 56.7. The number of aliphatic carboxylic acids is 1. The van der Waals surface area contributed by atoms with Crippen molar-refractivity contribution in [2.45, 2.75) is 264 Å². The van der Waals surface area contributed by atoms with Gasteiger partial charge in [-0.05, 0) is 25.8 Å². The van der Waals surface area contributed by atoms with Crippen molar-refractivity contribution in [3.8, 4) is 0 Å². The number of thioether (sulfide) groups is 1. The van der Waals surface area contributed by atoms with E-state index in [2.05, 4.69) is 36.7 Å². The molecule has 2 amide bonds. The van der Waals surface area contributed by atoms with Crippen molar-refractivity contribution in [1.82, 2.24) is 16.0 Å². The monoisotopic (exact) mass is 1070 g/mol. The number of hydrogen-bond acceptors (Lipinski definition) is 13. The number of amides is 2. The molecule has 0 saturated carbocycles. The van der Waals surface area contributed by atoms with Crippen LogP contribution in [0.15, 0.2) is 0 Å². The molecule has 16 heteroatoms. The van der Waals surface area contributed by atoms with E-state index in [0.29, 0.717) is 44.1 Å². The molecule has 15 nitrogen and oxygen atoms in total. The van der Waals surface area contributed by atoms with Gasteiger partial charge in [0.05, 0.1) is 58.7 Å². The number of unbranched alkanes of at least 4 members (excludes halogenated alkanes) is 29. The highest BCUT2D eigenvalue weighted by Crippen LogP contribution is 2.17. The summed E-state index contributed by atoms with van der Waals surface area (Å²) in [5.41, 5.74) is 0. The normalized spacial score (nSPS) is 12.6. The number of rotatable bonds is 59. The van der Waals surface area contributed by atoms with Crippen LogP contribution in [0.3, 0.4) is 0 Å². The molecule has 0 aromatic heterocycles. The van der Waals surface area contributed by atoms with Crippen LogP contribution in [0.4, 0.5) is 0 Å². The molecule has 0 fully saturated rings. The lowest BCUT2D eigenvalue weighted by atomic mass is 10.0. The molecule has 0 radical (unpaired) electrons. The van der Waals surface area contributed by atoms with E-state index in [4.69, 9.17) is 28.8 Å². The Balaban J connectivity index is 5.35. The number of carbonyl (C=O) groups excluding carboxylic acids is 4. The molecule has 0 aliphatic carbocycles. The fourth-order valence-electron chi connectivity index (χ4n) is 8.46. The highest BCUT2D eigenvalue weighted by atomic mass is 32.2. The SMILES string of the molecule is CCCCCCCCCCCCCCCCN[C@@H](CSC[C@@H](COC(=O)CCCCCCCCCCC)OC(=O)CCCCCCCCCCC)C(=O)N[C@@H](CO)C(=O)NCCOCCOCCOCCC(=O)O. The highest BCUT2D eigenvalue weighted by Gasteiger charge is 2.26. The van der Waals surface area contributed by atoms with E-state index >= 15 is 0 Å². The summed E-state index contributed by atoms with van der Waals surface area (Å²) in [6.07, 6.45) is 37.9. The Labute approximate surface area is 454 Å². The molecular weight excluding hydrogens is 963 g/mol. The van der Waals surface area contributed by atoms with Crippen LogP contribution in [-0.4, -0.2) is 136 Å². The zero-order valence-corrected chi connectivity index (χ0v) is 48.2. The van der Waals surface area contributed by atoms with E-state index in [1.807, 2.05) is 0 Å². The van der Waals surface area contributed by atoms with Gasteiger partial charge < -0.3 is 49.8 Å². The smallest absolute Gasteiger partial charge is 0.306 e. The fraction of sp³-hybridized carbons (Fsp3) is 0.914. The number of carbonyl (C=O) groups is 5. The molecule has 0 aromatic carbocycles. The van der Waals surface area contributed by atoms with Crippen molar-refractivity contribution in [3.05, 3.63) is 0 Å². The van der Waals surface area contributed by atoms with Crippen LogP contribution in [0.5, 0.6) is 0 Å². The van der Waals surface area contributed by atoms with Gasteiger partial charge in [0.2, 0.25) is 11.8 Å².